The van der Waals surface area contributed by atoms with E-state index >= 15 is 0 Å². The van der Waals surface area contributed by atoms with E-state index in [0.29, 0.717) is 16.9 Å². The number of hydrogen-bond donors (Lipinski definition) is 2. The number of hydrogen-bond acceptors (Lipinski definition) is 3. The molecule has 3 nitrogen and oxygen atoms in total. The number of benzene rings is 1. The predicted molar refractivity (Wildman–Crippen MR) is 77.7 cm³/mol. The molecule has 1 aliphatic rings. The Hall–Kier alpha value is -1.22. The Morgan fingerprint density at radius 3 is 2.68 bits per heavy atom. The van der Waals surface area contributed by atoms with E-state index in [0.717, 1.165) is 12.1 Å². The van der Waals surface area contributed by atoms with Crippen molar-refractivity contribution in [3.8, 4) is 11.5 Å². The molecule has 0 bridgehead atoms. The van der Waals surface area contributed by atoms with Crippen LogP contribution in [0.2, 0.25) is 0 Å². The lowest BCUT2D eigenvalue weighted by Gasteiger charge is -2.21. The molecule has 0 amide bonds. The van der Waals surface area contributed by atoms with Gasteiger partial charge in [-0.2, -0.15) is 0 Å². The molecule has 1 aromatic rings. The molecule has 1 aromatic carbocycles. The molecular formula is C16H25NO2. The van der Waals surface area contributed by atoms with E-state index in [1.54, 1.807) is 13.2 Å². The van der Waals surface area contributed by atoms with Crippen molar-refractivity contribution < 1.29 is 9.84 Å². The summed E-state index contributed by atoms with van der Waals surface area (Å²) in [5.41, 5.74) is 1.47. The zero-order chi connectivity index (χ0) is 13.9. The van der Waals surface area contributed by atoms with Gasteiger partial charge in [-0.05, 0) is 37.7 Å². The maximum Gasteiger partial charge on any atom is 0.124 e. The molecule has 0 heterocycles. The first-order chi connectivity index (χ1) is 9.10. The fraction of sp³-hybridized carbons (Fsp3) is 0.625. The van der Waals surface area contributed by atoms with Crippen molar-refractivity contribution in [2.24, 2.45) is 5.41 Å². The summed E-state index contributed by atoms with van der Waals surface area (Å²) in [5, 5.41) is 13.6. The molecule has 1 unspecified atom stereocenters. The molecule has 0 radical (unpaired) electrons. The average Bonchev–Trinajstić information content (AvgIpc) is 3.16. The molecule has 2 N–H and O–H groups in total. The molecule has 1 atom stereocenters. The number of rotatable bonds is 7. The van der Waals surface area contributed by atoms with Gasteiger partial charge in [-0.15, -0.1) is 0 Å². The van der Waals surface area contributed by atoms with Crippen molar-refractivity contribution in [1.82, 2.24) is 5.32 Å². The van der Waals surface area contributed by atoms with Crippen LogP contribution in [0, 0.1) is 5.41 Å². The van der Waals surface area contributed by atoms with Gasteiger partial charge in [0.15, 0.2) is 0 Å². The van der Waals surface area contributed by atoms with Crippen LogP contribution in [0.1, 0.15) is 51.1 Å². The molecule has 0 aliphatic heterocycles. The van der Waals surface area contributed by atoms with Crippen LogP contribution in [-0.4, -0.2) is 18.8 Å². The van der Waals surface area contributed by atoms with Crippen LogP contribution < -0.4 is 10.1 Å². The fourth-order valence-electron chi connectivity index (χ4n) is 2.72. The highest BCUT2D eigenvalue weighted by atomic mass is 16.5. The van der Waals surface area contributed by atoms with Crippen molar-refractivity contribution in [2.45, 2.75) is 45.6 Å². The van der Waals surface area contributed by atoms with E-state index in [1.807, 2.05) is 12.1 Å². The smallest absolute Gasteiger partial charge is 0.124 e. The fourth-order valence-corrected chi connectivity index (χ4v) is 2.72. The Morgan fingerprint density at radius 2 is 2.16 bits per heavy atom. The largest absolute Gasteiger partial charge is 0.507 e. The van der Waals surface area contributed by atoms with Crippen molar-refractivity contribution in [3.05, 3.63) is 23.8 Å². The van der Waals surface area contributed by atoms with E-state index in [4.69, 9.17) is 4.74 Å². The van der Waals surface area contributed by atoms with Crippen LogP contribution in [0.25, 0.3) is 0 Å². The molecular weight excluding hydrogens is 238 g/mol. The zero-order valence-electron chi connectivity index (χ0n) is 12.2. The number of ether oxygens (including phenoxy) is 1. The number of aromatic hydroxyl groups is 1. The summed E-state index contributed by atoms with van der Waals surface area (Å²) in [5.74, 6) is 0.998. The van der Waals surface area contributed by atoms with Gasteiger partial charge in [0.25, 0.3) is 0 Å². The molecule has 1 fully saturated rings. The van der Waals surface area contributed by atoms with Crippen molar-refractivity contribution in [2.75, 3.05) is 13.7 Å². The van der Waals surface area contributed by atoms with Gasteiger partial charge >= 0.3 is 0 Å². The van der Waals surface area contributed by atoms with Crippen LogP contribution in [0.4, 0.5) is 0 Å². The van der Waals surface area contributed by atoms with Crippen LogP contribution >= 0.6 is 0 Å². The third-order valence-corrected chi connectivity index (χ3v) is 4.22. The van der Waals surface area contributed by atoms with Crippen LogP contribution in [0.3, 0.4) is 0 Å². The topological polar surface area (TPSA) is 41.5 Å². The standard InChI is InChI=1S/C16H25NO2/c1-4-7-16(8-9-16)11-17-12(2)14-6-5-13(19-3)10-15(14)18/h5-6,10,12,17-18H,4,7-9,11H2,1-3H3. The SMILES string of the molecule is CCCC1(CNC(C)c2ccc(OC)cc2O)CC1. The van der Waals surface area contributed by atoms with Gasteiger partial charge in [-0.3, -0.25) is 0 Å². The number of methoxy groups -OCH3 is 1. The molecule has 19 heavy (non-hydrogen) atoms. The van der Waals surface area contributed by atoms with Gasteiger partial charge < -0.3 is 15.2 Å². The zero-order valence-corrected chi connectivity index (χ0v) is 12.2. The number of nitrogens with one attached hydrogen (secondary N) is 1. The van der Waals surface area contributed by atoms with Gasteiger partial charge in [0.05, 0.1) is 7.11 Å². The molecule has 0 aromatic heterocycles. The van der Waals surface area contributed by atoms with Crippen molar-refractivity contribution >= 4 is 0 Å². The maximum absolute atomic E-state index is 10.0. The summed E-state index contributed by atoms with van der Waals surface area (Å²) in [4.78, 5) is 0. The second-order valence-electron chi connectivity index (χ2n) is 5.78. The summed E-state index contributed by atoms with van der Waals surface area (Å²) in [7, 11) is 1.61. The average molecular weight is 263 g/mol. The minimum Gasteiger partial charge on any atom is -0.507 e. The Balaban J connectivity index is 1.94. The minimum absolute atomic E-state index is 0.167. The van der Waals surface area contributed by atoms with Gasteiger partial charge in [0.1, 0.15) is 11.5 Å². The van der Waals surface area contributed by atoms with E-state index in [9.17, 15) is 5.11 Å². The van der Waals surface area contributed by atoms with Crippen LogP contribution in [-0.2, 0) is 0 Å². The Morgan fingerprint density at radius 1 is 1.42 bits per heavy atom. The Labute approximate surface area is 116 Å². The van der Waals surface area contributed by atoms with E-state index < -0.39 is 0 Å². The Bertz CT molecular complexity index is 427. The van der Waals surface area contributed by atoms with Gasteiger partial charge in [-0.1, -0.05) is 19.4 Å². The third-order valence-electron chi connectivity index (χ3n) is 4.22. The monoisotopic (exact) mass is 263 g/mol. The molecule has 0 spiro atoms. The van der Waals surface area contributed by atoms with E-state index in [-0.39, 0.29) is 6.04 Å². The van der Waals surface area contributed by atoms with Gasteiger partial charge in [0, 0.05) is 24.2 Å². The molecule has 3 heteroatoms. The number of phenolic OH excluding ortho intramolecular Hbond substituents is 1. The highest BCUT2D eigenvalue weighted by Crippen LogP contribution is 2.49. The molecule has 2 rings (SSSR count). The molecule has 106 valence electrons. The summed E-state index contributed by atoms with van der Waals surface area (Å²) in [6.07, 6.45) is 5.25. The summed E-state index contributed by atoms with van der Waals surface area (Å²) in [6, 6.07) is 5.67. The summed E-state index contributed by atoms with van der Waals surface area (Å²) >= 11 is 0. The second kappa shape index (κ2) is 5.83. The molecule has 1 aliphatic carbocycles. The van der Waals surface area contributed by atoms with Crippen molar-refractivity contribution in [1.29, 1.82) is 0 Å². The minimum atomic E-state index is 0.167. The Kier molecular flexibility index (Phi) is 4.35. The van der Waals surface area contributed by atoms with E-state index in [1.165, 1.54) is 25.7 Å². The predicted octanol–water partition coefficient (Wildman–Crippen LogP) is 3.63. The highest BCUT2D eigenvalue weighted by Gasteiger charge is 2.41. The first-order valence-electron chi connectivity index (χ1n) is 7.20. The number of phenols is 1. The van der Waals surface area contributed by atoms with Crippen LogP contribution in [0.5, 0.6) is 11.5 Å². The second-order valence-corrected chi connectivity index (χ2v) is 5.78. The lowest BCUT2D eigenvalue weighted by molar-refractivity contribution is 0.385. The summed E-state index contributed by atoms with van der Waals surface area (Å²) in [6.45, 7) is 5.40. The van der Waals surface area contributed by atoms with Gasteiger partial charge in [0.2, 0.25) is 0 Å². The van der Waals surface area contributed by atoms with Crippen molar-refractivity contribution in [3.63, 3.8) is 0 Å². The van der Waals surface area contributed by atoms with Crippen LogP contribution in [0.15, 0.2) is 18.2 Å². The van der Waals surface area contributed by atoms with Gasteiger partial charge in [-0.25, -0.2) is 0 Å². The normalized spacial score (nSPS) is 18.1. The summed E-state index contributed by atoms with van der Waals surface area (Å²) < 4.78 is 5.11. The lowest BCUT2D eigenvalue weighted by atomic mass is 9.99. The first kappa shape index (κ1) is 14.2. The first-order valence-corrected chi connectivity index (χ1v) is 7.20. The van der Waals surface area contributed by atoms with E-state index in [2.05, 4.69) is 19.2 Å². The third kappa shape index (κ3) is 3.41. The quantitative estimate of drug-likeness (QED) is 0.789. The maximum atomic E-state index is 10.0. The molecule has 1 saturated carbocycles. The highest BCUT2D eigenvalue weighted by molar-refractivity contribution is 5.41. The lowest BCUT2D eigenvalue weighted by Crippen LogP contribution is -2.26. The molecule has 0 saturated heterocycles.